The molecular weight excluding hydrogens is 423 g/mol. The van der Waals surface area contributed by atoms with Gasteiger partial charge in [-0.05, 0) is 49.4 Å². The Morgan fingerprint density at radius 2 is 1.81 bits per heavy atom. The van der Waals surface area contributed by atoms with Gasteiger partial charge >= 0.3 is 0 Å². The standard InChI is InChI=1S/C19H14BrFO4S/c1-11-9-16(22)19(25-17-8-5-13(20)10-15(17)21)18(24-11)12-3-6-14(7-4-12)26(2)23/h3-10H,1-2H3/t26-/m1/s1. The van der Waals surface area contributed by atoms with E-state index >= 15 is 0 Å². The minimum Gasteiger partial charge on any atom is -0.457 e. The normalized spacial score (nSPS) is 12.0. The van der Waals surface area contributed by atoms with E-state index in [1.54, 1.807) is 43.5 Å². The second kappa shape index (κ2) is 7.55. The van der Waals surface area contributed by atoms with Crippen LogP contribution in [0.5, 0.6) is 11.5 Å². The van der Waals surface area contributed by atoms with E-state index in [2.05, 4.69) is 15.9 Å². The Morgan fingerprint density at radius 3 is 2.42 bits per heavy atom. The van der Waals surface area contributed by atoms with Gasteiger partial charge < -0.3 is 9.15 Å². The molecule has 0 aliphatic carbocycles. The van der Waals surface area contributed by atoms with E-state index in [4.69, 9.17) is 9.15 Å². The van der Waals surface area contributed by atoms with Gasteiger partial charge in [0, 0.05) is 38.1 Å². The largest absolute Gasteiger partial charge is 0.457 e. The molecule has 0 unspecified atom stereocenters. The van der Waals surface area contributed by atoms with Crippen molar-refractivity contribution in [3.8, 4) is 22.8 Å². The molecule has 0 spiro atoms. The average molecular weight is 437 g/mol. The Hall–Kier alpha value is -2.25. The molecule has 1 heterocycles. The highest BCUT2D eigenvalue weighted by molar-refractivity contribution is 9.10. The van der Waals surface area contributed by atoms with Gasteiger partial charge in [-0.3, -0.25) is 9.00 Å². The second-order valence-electron chi connectivity index (χ2n) is 5.53. The lowest BCUT2D eigenvalue weighted by Gasteiger charge is -2.11. The van der Waals surface area contributed by atoms with Crippen molar-refractivity contribution in [1.82, 2.24) is 0 Å². The van der Waals surface area contributed by atoms with Crippen molar-refractivity contribution in [3.05, 3.63) is 74.8 Å². The summed E-state index contributed by atoms with van der Waals surface area (Å²) in [4.78, 5) is 13.1. The van der Waals surface area contributed by atoms with E-state index in [1.165, 1.54) is 18.2 Å². The van der Waals surface area contributed by atoms with Crippen LogP contribution >= 0.6 is 15.9 Å². The van der Waals surface area contributed by atoms with Crippen LogP contribution < -0.4 is 10.2 Å². The van der Waals surface area contributed by atoms with Crippen LogP contribution in [-0.2, 0) is 10.8 Å². The van der Waals surface area contributed by atoms with Gasteiger partial charge in [-0.25, -0.2) is 4.39 Å². The molecule has 3 aromatic rings. The fourth-order valence-electron chi connectivity index (χ4n) is 2.35. The molecule has 0 aliphatic rings. The second-order valence-corrected chi connectivity index (χ2v) is 7.83. The minimum absolute atomic E-state index is 0.0862. The molecule has 0 saturated heterocycles. The maximum atomic E-state index is 14.1. The third kappa shape index (κ3) is 3.94. The number of benzene rings is 2. The summed E-state index contributed by atoms with van der Waals surface area (Å²) in [7, 11) is -1.12. The third-order valence-electron chi connectivity index (χ3n) is 3.58. The predicted molar refractivity (Wildman–Crippen MR) is 102 cm³/mol. The Bertz CT molecular complexity index is 1040. The molecule has 0 saturated carbocycles. The number of aryl methyl sites for hydroxylation is 1. The summed E-state index contributed by atoms with van der Waals surface area (Å²) < 4.78 is 37.4. The highest BCUT2D eigenvalue weighted by Crippen LogP contribution is 2.33. The molecule has 2 aromatic carbocycles. The lowest BCUT2D eigenvalue weighted by molar-refractivity contribution is 0.414. The molecule has 3 rings (SSSR count). The first kappa shape index (κ1) is 18.5. The molecule has 1 aromatic heterocycles. The fourth-order valence-corrected chi connectivity index (χ4v) is 3.20. The van der Waals surface area contributed by atoms with E-state index < -0.39 is 22.0 Å². The Kier molecular flexibility index (Phi) is 5.38. The van der Waals surface area contributed by atoms with Crippen LogP contribution in [-0.4, -0.2) is 10.5 Å². The van der Waals surface area contributed by atoms with E-state index in [0.717, 1.165) is 0 Å². The van der Waals surface area contributed by atoms with Crippen molar-refractivity contribution < 1.29 is 17.8 Å². The number of halogens is 2. The Balaban J connectivity index is 2.10. The molecule has 0 amide bonds. The van der Waals surface area contributed by atoms with E-state index in [9.17, 15) is 13.4 Å². The van der Waals surface area contributed by atoms with Crippen LogP contribution in [0.15, 0.2) is 67.1 Å². The zero-order valence-electron chi connectivity index (χ0n) is 13.9. The van der Waals surface area contributed by atoms with E-state index in [0.29, 0.717) is 20.7 Å². The maximum absolute atomic E-state index is 14.1. The number of rotatable bonds is 4. The van der Waals surface area contributed by atoms with Crippen molar-refractivity contribution in [1.29, 1.82) is 0 Å². The van der Waals surface area contributed by atoms with Gasteiger partial charge in [0.2, 0.25) is 11.2 Å². The number of ether oxygens (including phenoxy) is 1. The maximum Gasteiger partial charge on any atom is 0.228 e. The molecule has 0 bridgehead atoms. The third-order valence-corrected chi connectivity index (χ3v) is 5.01. The summed E-state index contributed by atoms with van der Waals surface area (Å²) in [6.07, 6.45) is 1.58. The Morgan fingerprint density at radius 1 is 1.12 bits per heavy atom. The van der Waals surface area contributed by atoms with Gasteiger partial charge in [-0.2, -0.15) is 0 Å². The topological polar surface area (TPSA) is 56.5 Å². The van der Waals surface area contributed by atoms with Gasteiger partial charge in [-0.15, -0.1) is 0 Å². The van der Waals surface area contributed by atoms with Crippen LogP contribution in [0.3, 0.4) is 0 Å². The highest BCUT2D eigenvalue weighted by Gasteiger charge is 2.18. The summed E-state index contributed by atoms with van der Waals surface area (Å²) in [5.74, 6) is -0.219. The molecule has 4 nitrogen and oxygen atoms in total. The van der Waals surface area contributed by atoms with Crippen LogP contribution in [0.25, 0.3) is 11.3 Å². The lowest BCUT2D eigenvalue weighted by Crippen LogP contribution is -2.07. The summed E-state index contributed by atoms with van der Waals surface area (Å²) in [5.41, 5.74) is 0.140. The molecule has 0 aliphatic heterocycles. The van der Waals surface area contributed by atoms with Crippen molar-refractivity contribution in [2.45, 2.75) is 11.8 Å². The van der Waals surface area contributed by atoms with Crippen molar-refractivity contribution in [3.63, 3.8) is 0 Å². The number of hydrogen-bond acceptors (Lipinski definition) is 4. The van der Waals surface area contributed by atoms with E-state index in [-0.39, 0.29) is 17.3 Å². The highest BCUT2D eigenvalue weighted by atomic mass is 79.9. The van der Waals surface area contributed by atoms with Crippen molar-refractivity contribution in [2.75, 3.05) is 6.26 Å². The lowest BCUT2D eigenvalue weighted by atomic mass is 10.1. The quantitative estimate of drug-likeness (QED) is 0.574. The smallest absolute Gasteiger partial charge is 0.228 e. The zero-order chi connectivity index (χ0) is 18.8. The molecule has 7 heteroatoms. The van der Waals surface area contributed by atoms with Gasteiger partial charge in [0.15, 0.2) is 17.3 Å². The number of hydrogen-bond donors (Lipinski definition) is 0. The first-order chi connectivity index (χ1) is 12.3. The minimum atomic E-state index is -1.12. The van der Waals surface area contributed by atoms with Crippen molar-refractivity contribution >= 4 is 26.7 Å². The Labute approximate surface area is 160 Å². The zero-order valence-corrected chi connectivity index (χ0v) is 16.3. The van der Waals surface area contributed by atoms with Crippen LogP contribution in [0.2, 0.25) is 0 Å². The molecule has 0 fully saturated rings. The summed E-state index contributed by atoms with van der Waals surface area (Å²) in [6.45, 7) is 1.64. The van der Waals surface area contributed by atoms with Crippen LogP contribution in [0.1, 0.15) is 5.76 Å². The average Bonchev–Trinajstić information content (AvgIpc) is 2.59. The van der Waals surface area contributed by atoms with E-state index in [1.807, 2.05) is 0 Å². The molecular formula is C19H14BrFO4S. The van der Waals surface area contributed by atoms with Crippen molar-refractivity contribution in [2.24, 2.45) is 0 Å². The SMILES string of the molecule is Cc1cc(=O)c(Oc2ccc(Br)cc2F)c(-c2ccc([S@@](C)=O)cc2)o1. The molecule has 134 valence electrons. The fraction of sp³-hybridized carbons (Fsp3) is 0.105. The van der Waals surface area contributed by atoms with Crippen LogP contribution in [0.4, 0.5) is 4.39 Å². The first-order valence-electron chi connectivity index (χ1n) is 7.56. The molecule has 1 atom stereocenters. The van der Waals surface area contributed by atoms with Crippen LogP contribution in [0, 0.1) is 12.7 Å². The summed E-state index contributed by atoms with van der Waals surface area (Å²) in [6, 6.07) is 12.3. The molecule has 0 radical (unpaired) electrons. The van der Waals surface area contributed by atoms with Gasteiger partial charge in [0.05, 0.1) is 0 Å². The van der Waals surface area contributed by atoms with Gasteiger partial charge in [0.1, 0.15) is 5.76 Å². The van der Waals surface area contributed by atoms with Gasteiger partial charge in [-0.1, -0.05) is 15.9 Å². The molecule has 26 heavy (non-hydrogen) atoms. The predicted octanol–water partition coefficient (Wildman–Crippen LogP) is 5.05. The summed E-state index contributed by atoms with van der Waals surface area (Å²) in [5, 5.41) is 0. The summed E-state index contributed by atoms with van der Waals surface area (Å²) >= 11 is 3.17. The first-order valence-corrected chi connectivity index (χ1v) is 9.92. The molecule has 0 N–H and O–H groups in total. The monoisotopic (exact) mass is 436 g/mol. The van der Waals surface area contributed by atoms with Gasteiger partial charge in [0.25, 0.3) is 0 Å².